The summed E-state index contributed by atoms with van der Waals surface area (Å²) in [7, 11) is 0. The molecular formula is C19H26N2. The third-order valence-corrected chi connectivity index (χ3v) is 4.84. The molecule has 1 aromatic carbocycles. The molecule has 1 aliphatic rings. The van der Waals surface area contributed by atoms with Crippen molar-refractivity contribution in [3.05, 3.63) is 41.6 Å². The second-order valence-electron chi connectivity index (χ2n) is 6.60. The van der Waals surface area contributed by atoms with Crippen LogP contribution in [-0.4, -0.2) is 4.98 Å². The second-order valence-corrected chi connectivity index (χ2v) is 6.60. The Bertz CT molecular complexity index is 598. The van der Waals surface area contributed by atoms with Crippen molar-refractivity contribution in [2.45, 2.75) is 57.9 Å². The van der Waals surface area contributed by atoms with Gasteiger partial charge >= 0.3 is 0 Å². The highest BCUT2D eigenvalue weighted by molar-refractivity contribution is 5.79. The van der Waals surface area contributed by atoms with E-state index in [2.05, 4.69) is 35.3 Å². The third kappa shape index (κ3) is 3.62. The van der Waals surface area contributed by atoms with Gasteiger partial charge in [-0.3, -0.25) is 4.98 Å². The fourth-order valence-corrected chi connectivity index (χ4v) is 3.57. The summed E-state index contributed by atoms with van der Waals surface area (Å²) in [6, 6.07) is 10.9. The van der Waals surface area contributed by atoms with E-state index in [9.17, 15) is 0 Å². The van der Waals surface area contributed by atoms with Crippen LogP contribution in [0.3, 0.4) is 0 Å². The number of rotatable bonds is 3. The maximum Gasteiger partial charge on any atom is 0.0705 e. The van der Waals surface area contributed by atoms with Gasteiger partial charge in [0.1, 0.15) is 0 Å². The number of aromatic nitrogens is 1. The highest BCUT2D eigenvalue weighted by Gasteiger charge is 2.17. The van der Waals surface area contributed by atoms with Crippen molar-refractivity contribution in [2.24, 2.45) is 11.7 Å². The van der Waals surface area contributed by atoms with E-state index in [-0.39, 0.29) is 6.04 Å². The van der Waals surface area contributed by atoms with Crippen molar-refractivity contribution in [1.82, 2.24) is 4.98 Å². The Balaban J connectivity index is 1.74. The molecule has 2 aromatic rings. The Kier molecular flexibility index (Phi) is 4.54. The fourth-order valence-electron chi connectivity index (χ4n) is 3.57. The highest BCUT2D eigenvalue weighted by atomic mass is 14.7. The summed E-state index contributed by atoms with van der Waals surface area (Å²) in [5.41, 5.74) is 9.88. The van der Waals surface area contributed by atoms with Gasteiger partial charge in [0, 0.05) is 17.1 Å². The van der Waals surface area contributed by atoms with E-state index in [0.717, 1.165) is 23.5 Å². The number of fused-ring (bicyclic) bond motifs is 1. The monoisotopic (exact) mass is 282 g/mol. The van der Waals surface area contributed by atoms with Crippen LogP contribution in [0.2, 0.25) is 0 Å². The van der Waals surface area contributed by atoms with Crippen LogP contribution in [0.15, 0.2) is 30.3 Å². The predicted molar refractivity (Wildman–Crippen MR) is 89.2 cm³/mol. The van der Waals surface area contributed by atoms with Gasteiger partial charge in [-0.15, -0.1) is 0 Å². The van der Waals surface area contributed by atoms with Crippen molar-refractivity contribution >= 4 is 10.9 Å². The van der Waals surface area contributed by atoms with E-state index in [1.54, 1.807) is 0 Å². The molecule has 1 fully saturated rings. The lowest BCUT2D eigenvalue weighted by Gasteiger charge is -2.20. The van der Waals surface area contributed by atoms with E-state index >= 15 is 0 Å². The van der Waals surface area contributed by atoms with Gasteiger partial charge in [0.2, 0.25) is 0 Å². The van der Waals surface area contributed by atoms with Gasteiger partial charge in [0.25, 0.3) is 0 Å². The van der Waals surface area contributed by atoms with E-state index in [1.807, 2.05) is 6.92 Å². The number of hydrogen-bond acceptors (Lipinski definition) is 2. The summed E-state index contributed by atoms with van der Waals surface area (Å²) in [5, 5.41) is 1.20. The number of nitrogens with zero attached hydrogens (tertiary/aromatic N) is 1. The van der Waals surface area contributed by atoms with Crippen LogP contribution < -0.4 is 5.73 Å². The largest absolute Gasteiger partial charge is 0.324 e. The molecule has 1 unspecified atom stereocenters. The normalized spacial score (nSPS) is 18.6. The van der Waals surface area contributed by atoms with Crippen LogP contribution in [0.1, 0.15) is 62.2 Å². The molecule has 1 aliphatic carbocycles. The molecule has 21 heavy (non-hydrogen) atoms. The summed E-state index contributed by atoms with van der Waals surface area (Å²) in [6.07, 6.45) is 9.45. The molecule has 0 aliphatic heterocycles. The van der Waals surface area contributed by atoms with Crippen LogP contribution in [0.4, 0.5) is 0 Å². The molecule has 0 radical (unpaired) electrons. The van der Waals surface area contributed by atoms with Gasteiger partial charge in [0.05, 0.1) is 5.52 Å². The molecule has 0 saturated heterocycles. The molecule has 1 heterocycles. The number of benzene rings is 1. The van der Waals surface area contributed by atoms with Gasteiger partial charge in [-0.2, -0.15) is 0 Å². The minimum absolute atomic E-state index is 0.166. The fraction of sp³-hybridized carbons (Fsp3) is 0.526. The SMILES string of the molecule is Cc1ccc2cc(C(N)CC3CCCCCC3)ccc2n1. The summed E-state index contributed by atoms with van der Waals surface area (Å²) in [4.78, 5) is 4.56. The minimum atomic E-state index is 0.166. The summed E-state index contributed by atoms with van der Waals surface area (Å²) in [5.74, 6) is 0.814. The molecule has 0 amide bonds. The van der Waals surface area contributed by atoms with E-state index in [0.29, 0.717) is 0 Å². The zero-order chi connectivity index (χ0) is 14.7. The average Bonchev–Trinajstić information content (AvgIpc) is 2.75. The maximum absolute atomic E-state index is 6.48. The molecule has 1 saturated carbocycles. The zero-order valence-corrected chi connectivity index (χ0v) is 13.0. The molecular weight excluding hydrogens is 256 g/mol. The maximum atomic E-state index is 6.48. The quantitative estimate of drug-likeness (QED) is 0.813. The minimum Gasteiger partial charge on any atom is -0.324 e. The number of aryl methyl sites for hydroxylation is 1. The Morgan fingerprint density at radius 1 is 1.10 bits per heavy atom. The lowest BCUT2D eigenvalue weighted by atomic mass is 9.89. The number of nitrogens with two attached hydrogens (primary N) is 1. The molecule has 2 nitrogen and oxygen atoms in total. The van der Waals surface area contributed by atoms with Crippen LogP contribution in [0.5, 0.6) is 0 Å². The van der Waals surface area contributed by atoms with E-state index in [4.69, 9.17) is 5.73 Å². The highest BCUT2D eigenvalue weighted by Crippen LogP contribution is 2.30. The first-order valence-electron chi connectivity index (χ1n) is 8.35. The van der Waals surface area contributed by atoms with Crippen molar-refractivity contribution < 1.29 is 0 Å². The first-order chi connectivity index (χ1) is 10.2. The summed E-state index contributed by atoms with van der Waals surface area (Å²) >= 11 is 0. The molecule has 2 N–H and O–H groups in total. The Hall–Kier alpha value is -1.41. The smallest absolute Gasteiger partial charge is 0.0705 e. The van der Waals surface area contributed by atoms with Gasteiger partial charge < -0.3 is 5.73 Å². The standard InChI is InChI=1S/C19H26N2/c1-14-8-9-17-13-16(10-11-19(17)21-14)18(20)12-15-6-4-2-3-5-7-15/h8-11,13,15,18H,2-7,12,20H2,1H3. The lowest BCUT2D eigenvalue weighted by Crippen LogP contribution is -2.15. The first-order valence-corrected chi connectivity index (χ1v) is 8.35. The number of pyridine rings is 1. The van der Waals surface area contributed by atoms with Crippen molar-refractivity contribution in [1.29, 1.82) is 0 Å². The number of hydrogen-bond donors (Lipinski definition) is 1. The van der Waals surface area contributed by atoms with Crippen molar-refractivity contribution in [2.75, 3.05) is 0 Å². The van der Waals surface area contributed by atoms with E-state index < -0.39 is 0 Å². The molecule has 112 valence electrons. The van der Waals surface area contributed by atoms with Crippen LogP contribution in [0, 0.1) is 12.8 Å². The second kappa shape index (κ2) is 6.57. The van der Waals surface area contributed by atoms with Gasteiger partial charge in [0.15, 0.2) is 0 Å². The molecule has 0 spiro atoms. The molecule has 0 bridgehead atoms. The molecule has 1 atom stereocenters. The van der Waals surface area contributed by atoms with E-state index in [1.165, 1.54) is 49.5 Å². The van der Waals surface area contributed by atoms with Gasteiger partial charge in [-0.25, -0.2) is 0 Å². The average molecular weight is 282 g/mol. The zero-order valence-electron chi connectivity index (χ0n) is 13.0. The summed E-state index contributed by atoms with van der Waals surface area (Å²) in [6.45, 7) is 2.03. The third-order valence-electron chi connectivity index (χ3n) is 4.84. The van der Waals surface area contributed by atoms with Gasteiger partial charge in [-0.05, 0) is 43.0 Å². The molecule has 2 heteroatoms. The molecule has 1 aromatic heterocycles. The lowest BCUT2D eigenvalue weighted by molar-refractivity contribution is 0.393. The topological polar surface area (TPSA) is 38.9 Å². The van der Waals surface area contributed by atoms with Crippen LogP contribution in [0.25, 0.3) is 10.9 Å². The van der Waals surface area contributed by atoms with Crippen LogP contribution in [-0.2, 0) is 0 Å². The van der Waals surface area contributed by atoms with Crippen LogP contribution >= 0.6 is 0 Å². The summed E-state index contributed by atoms with van der Waals surface area (Å²) < 4.78 is 0. The van der Waals surface area contributed by atoms with Crippen molar-refractivity contribution in [3.63, 3.8) is 0 Å². The first kappa shape index (κ1) is 14.5. The Morgan fingerprint density at radius 3 is 2.62 bits per heavy atom. The van der Waals surface area contributed by atoms with Crippen molar-refractivity contribution in [3.8, 4) is 0 Å². The predicted octanol–water partition coefficient (Wildman–Crippen LogP) is 4.90. The Morgan fingerprint density at radius 2 is 1.86 bits per heavy atom. The Labute approximate surface area is 127 Å². The molecule has 3 rings (SSSR count). The van der Waals surface area contributed by atoms with Gasteiger partial charge in [-0.1, -0.05) is 50.7 Å².